The summed E-state index contributed by atoms with van der Waals surface area (Å²) < 4.78 is 7.39. The molecule has 0 saturated heterocycles. The van der Waals surface area contributed by atoms with Gasteiger partial charge in [-0.3, -0.25) is 9.36 Å². The molecule has 0 spiro atoms. The smallest absolute Gasteiger partial charge is 0.262 e. The Kier molecular flexibility index (Phi) is 6.32. The first kappa shape index (κ1) is 19.6. The zero-order chi connectivity index (χ0) is 19.4. The molecule has 1 aromatic carbocycles. The molecule has 0 unspecified atom stereocenters. The van der Waals surface area contributed by atoms with Gasteiger partial charge in [-0.1, -0.05) is 38.3 Å². The van der Waals surface area contributed by atoms with Crippen molar-refractivity contribution in [3.63, 3.8) is 0 Å². The number of hydrogen-bond donors (Lipinski definition) is 0. The number of hydrogen-bond acceptors (Lipinski definition) is 4. The van der Waals surface area contributed by atoms with Crippen LogP contribution >= 0.6 is 11.3 Å². The lowest BCUT2D eigenvalue weighted by Gasteiger charge is -2.10. The fourth-order valence-corrected chi connectivity index (χ4v) is 4.57. The van der Waals surface area contributed by atoms with E-state index < -0.39 is 0 Å². The molecule has 5 heteroatoms. The number of benzene rings is 1. The van der Waals surface area contributed by atoms with Crippen molar-refractivity contribution in [2.75, 3.05) is 6.61 Å². The van der Waals surface area contributed by atoms with Crippen molar-refractivity contribution in [3.8, 4) is 16.9 Å². The van der Waals surface area contributed by atoms with Gasteiger partial charge in [0.2, 0.25) is 0 Å². The molecular weight excluding hydrogens is 356 g/mol. The third-order valence-electron chi connectivity index (χ3n) is 4.87. The molecule has 4 nitrogen and oxygen atoms in total. The standard InChI is InChI=1S/C22H28N2O2S/c1-5-7-8-9-14-24-16(4)23-21-20(22(24)25)19(15(3)27-21)17-10-12-18(13-11-17)26-6-2/h10-13H,5-9,14H2,1-4H3. The van der Waals surface area contributed by atoms with Crippen molar-refractivity contribution in [3.05, 3.63) is 45.3 Å². The van der Waals surface area contributed by atoms with E-state index in [1.165, 1.54) is 12.8 Å². The number of rotatable bonds is 8. The third-order valence-corrected chi connectivity index (χ3v) is 5.87. The molecule has 0 N–H and O–H groups in total. The number of aromatic nitrogens is 2. The van der Waals surface area contributed by atoms with Gasteiger partial charge in [0, 0.05) is 17.0 Å². The lowest BCUT2D eigenvalue weighted by molar-refractivity contribution is 0.340. The molecule has 0 aliphatic rings. The van der Waals surface area contributed by atoms with E-state index in [0.717, 1.165) is 57.2 Å². The van der Waals surface area contributed by atoms with Crippen LogP contribution in [0.15, 0.2) is 29.1 Å². The highest BCUT2D eigenvalue weighted by atomic mass is 32.1. The van der Waals surface area contributed by atoms with Crippen molar-refractivity contribution in [2.45, 2.75) is 59.9 Å². The van der Waals surface area contributed by atoms with Gasteiger partial charge >= 0.3 is 0 Å². The molecule has 2 aromatic heterocycles. The molecule has 0 atom stereocenters. The molecule has 3 aromatic rings. The van der Waals surface area contributed by atoms with E-state index in [0.29, 0.717) is 6.61 Å². The van der Waals surface area contributed by atoms with Crippen LogP contribution in [0.2, 0.25) is 0 Å². The average molecular weight is 385 g/mol. The number of ether oxygens (including phenoxy) is 1. The van der Waals surface area contributed by atoms with Crippen molar-refractivity contribution in [1.82, 2.24) is 9.55 Å². The molecule has 3 rings (SSSR count). The predicted molar refractivity (Wildman–Crippen MR) is 114 cm³/mol. The van der Waals surface area contributed by atoms with Crippen LogP contribution in [-0.2, 0) is 6.54 Å². The van der Waals surface area contributed by atoms with Crippen LogP contribution < -0.4 is 10.3 Å². The fraction of sp³-hybridized carbons (Fsp3) is 0.455. The molecule has 0 aliphatic carbocycles. The first-order valence-electron chi connectivity index (χ1n) is 9.80. The zero-order valence-corrected chi connectivity index (χ0v) is 17.5. The SMILES string of the molecule is CCCCCCn1c(C)nc2sc(C)c(-c3ccc(OCC)cc3)c2c1=O. The van der Waals surface area contributed by atoms with E-state index in [1.54, 1.807) is 11.3 Å². The van der Waals surface area contributed by atoms with E-state index in [2.05, 4.69) is 13.8 Å². The number of thiophene rings is 1. The third kappa shape index (κ3) is 4.08. The van der Waals surface area contributed by atoms with Crippen LogP contribution in [0.4, 0.5) is 0 Å². The normalized spacial score (nSPS) is 11.3. The summed E-state index contributed by atoms with van der Waals surface area (Å²) in [6.07, 6.45) is 4.56. The van der Waals surface area contributed by atoms with Crippen molar-refractivity contribution < 1.29 is 4.74 Å². The minimum atomic E-state index is 0.0854. The van der Waals surface area contributed by atoms with Crippen LogP contribution in [0.25, 0.3) is 21.3 Å². The molecular formula is C22H28N2O2S. The first-order chi connectivity index (χ1) is 13.1. The number of aryl methyl sites for hydroxylation is 2. The maximum atomic E-state index is 13.3. The van der Waals surface area contributed by atoms with Gasteiger partial charge in [-0.2, -0.15) is 0 Å². The Morgan fingerprint density at radius 2 is 1.81 bits per heavy atom. The maximum absolute atomic E-state index is 13.3. The van der Waals surface area contributed by atoms with Gasteiger partial charge in [-0.15, -0.1) is 11.3 Å². The van der Waals surface area contributed by atoms with E-state index >= 15 is 0 Å². The molecule has 27 heavy (non-hydrogen) atoms. The van der Waals surface area contributed by atoms with Gasteiger partial charge in [0.05, 0.1) is 12.0 Å². The summed E-state index contributed by atoms with van der Waals surface area (Å²) in [6, 6.07) is 7.99. The lowest BCUT2D eigenvalue weighted by atomic mass is 10.0. The molecule has 0 radical (unpaired) electrons. The molecule has 2 heterocycles. The number of unbranched alkanes of at least 4 members (excludes halogenated alkanes) is 3. The molecule has 0 saturated carbocycles. The summed E-state index contributed by atoms with van der Waals surface area (Å²) in [5.41, 5.74) is 2.14. The van der Waals surface area contributed by atoms with E-state index in [4.69, 9.17) is 9.72 Å². The van der Waals surface area contributed by atoms with Crippen LogP contribution in [0, 0.1) is 13.8 Å². The summed E-state index contributed by atoms with van der Waals surface area (Å²) in [7, 11) is 0. The van der Waals surface area contributed by atoms with Gasteiger partial charge in [0.15, 0.2) is 0 Å². The van der Waals surface area contributed by atoms with Gasteiger partial charge < -0.3 is 4.74 Å². The Bertz CT molecular complexity index is 971. The summed E-state index contributed by atoms with van der Waals surface area (Å²) >= 11 is 1.60. The van der Waals surface area contributed by atoms with Crippen LogP contribution in [-0.4, -0.2) is 16.2 Å². The van der Waals surface area contributed by atoms with Crippen LogP contribution in [0.5, 0.6) is 5.75 Å². The second-order valence-corrected chi connectivity index (χ2v) is 8.05. The van der Waals surface area contributed by atoms with Gasteiger partial charge in [0.1, 0.15) is 16.4 Å². The van der Waals surface area contributed by atoms with E-state index in [9.17, 15) is 4.79 Å². The zero-order valence-electron chi connectivity index (χ0n) is 16.7. The molecule has 144 valence electrons. The Morgan fingerprint density at radius 3 is 2.48 bits per heavy atom. The quantitative estimate of drug-likeness (QED) is 0.467. The largest absolute Gasteiger partial charge is 0.494 e. The summed E-state index contributed by atoms with van der Waals surface area (Å²) in [4.78, 5) is 20.0. The van der Waals surface area contributed by atoms with E-state index in [-0.39, 0.29) is 5.56 Å². The first-order valence-corrected chi connectivity index (χ1v) is 10.6. The monoisotopic (exact) mass is 384 g/mol. The summed E-state index contributed by atoms with van der Waals surface area (Å²) in [6.45, 7) is 9.56. The molecule has 0 bridgehead atoms. The van der Waals surface area contributed by atoms with Crippen LogP contribution in [0.3, 0.4) is 0 Å². The Balaban J connectivity index is 2.05. The minimum absolute atomic E-state index is 0.0854. The minimum Gasteiger partial charge on any atom is -0.494 e. The second-order valence-electron chi connectivity index (χ2n) is 6.85. The lowest BCUT2D eigenvalue weighted by Crippen LogP contribution is -2.23. The van der Waals surface area contributed by atoms with Gasteiger partial charge in [-0.05, 0) is 44.9 Å². The van der Waals surface area contributed by atoms with E-state index in [1.807, 2.05) is 42.7 Å². The van der Waals surface area contributed by atoms with Crippen molar-refractivity contribution >= 4 is 21.6 Å². The molecule has 0 fully saturated rings. The number of nitrogens with zero attached hydrogens (tertiary/aromatic N) is 2. The average Bonchev–Trinajstić information content (AvgIpc) is 2.98. The highest BCUT2D eigenvalue weighted by molar-refractivity contribution is 7.19. The molecule has 0 amide bonds. The maximum Gasteiger partial charge on any atom is 0.262 e. The van der Waals surface area contributed by atoms with Gasteiger partial charge in [-0.25, -0.2) is 4.98 Å². The Labute approximate surface area is 164 Å². The molecule has 0 aliphatic heterocycles. The summed E-state index contributed by atoms with van der Waals surface area (Å²) in [5, 5.41) is 0.753. The highest BCUT2D eigenvalue weighted by Crippen LogP contribution is 2.36. The summed E-state index contributed by atoms with van der Waals surface area (Å²) in [5.74, 6) is 1.66. The Hall–Kier alpha value is -2.14. The van der Waals surface area contributed by atoms with Crippen molar-refractivity contribution in [1.29, 1.82) is 0 Å². The topological polar surface area (TPSA) is 44.1 Å². The fourth-order valence-electron chi connectivity index (χ4n) is 3.49. The van der Waals surface area contributed by atoms with Crippen LogP contribution in [0.1, 0.15) is 50.2 Å². The Morgan fingerprint density at radius 1 is 1.07 bits per heavy atom. The predicted octanol–water partition coefficient (Wildman–Crippen LogP) is 5.72. The van der Waals surface area contributed by atoms with Crippen molar-refractivity contribution in [2.24, 2.45) is 0 Å². The second kappa shape index (κ2) is 8.70. The highest BCUT2D eigenvalue weighted by Gasteiger charge is 2.18. The number of fused-ring (bicyclic) bond motifs is 1. The van der Waals surface area contributed by atoms with Gasteiger partial charge in [0.25, 0.3) is 5.56 Å².